The number of H-pyrrole nitrogens is 1. The molecule has 6 N–H and O–H groups in total. The molecule has 3 aromatic rings. The van der Waals surface area contributed by atoms with Crippen LogP contribution in [-0.2, 0) is 4.74 Å². The number of aliphatic hydroxyl groups excluding tert-OH is 3. The van der Waals surface area contributed by atoms with Gasteiger partial charge in [0, 0.05) is 11.6 Å². The Morgan fingerprint density at radius 3 is 2.79 bits per heavy atom. The van der Waals surface area contributed by atoms with Crippen LogP contribution in [0.4, 0.5) is 5.82 Å². The second-order valence-electron chi connectivity index (χ2n) is 5.51. The van der Waals surface area contributed by atoms with Crippen LogP contribution in [0.25, 0.3) is 22.1 Å². The third-order valence-electron chi connectivity index (χ3n) is 4.16. The third-order valence-corrected chi connectivity index (χ3v) is 4.16. The molecule has 126 valence electrons. The number of rotatable bonds is 2. The normalized spacial score (nSPS) is 27.3. The first-order valence-corrected chi connectivity index (χ1v) is 7.14. The molecule has 1 fully saturated rings. The Labute approximate surface area is 133 Å². The van der Waals surface area contributed by atoms with E-state index in [1.165, 1.54) is 17.1 Å². The van der Waals surface area contributed by atoms with Gasteiger partial charge < -0.3 is 25.8 Å². The van der Waals surface area contributed by atoms with Crippen molar-refractivity contribution in [3.63, 3.8) is 0 Å². The molecule has 11 nitrogen and oxygen atoms in total. The molecule has 11 heteroatoms. The zero-order chi connectivity index (χ0) is 17.0. The van der Waals surface area contributed by atoms with Crippen molar-refractivity contribution in [2.45, 2.75) is 24.5 Å². The zero-order valence-electron chi connectivity index (χ0n) is 12.2. The van der Waals surface area contributed by atoms with Gasteiger partial charge >= 0.3 is 5.69 Å². The van der Waals surface area contributed by atoms with Gasteiger partial charge in [0.2, 0.25) is 0 Å². The number of ether oxygens (including phenoxy) is 1. The topological polar surface area (TPSA) is 172 Å². The number of nitrogen functional groups attached to an aromatic ring is 1. The molecule has 0 aliphatic carbocycles. The van der Waals surface area contributed by atoms with E-state index in [9.17, 15) is 20.1 Å². The van der Waals surface area contributed by atoms with Crippen LogP contribution in [0, 0.1) is 0 Å². The number of hydrogen-bond acceptors (Lipinski definition) is 9. The average Bonchev–Trinajstić information content (AvgIpc) is 3.03. The maximum absolute atomic E-state index is 11.6. The Morgan fingerprint density at radius 2 is 2.08 bits per heavy atom. The first-order chi connectivity index (χ1) is 11.5. The molecule has 0 spiro atoms. The number of aromatic amines is 1. The van der Waals surface area contributed by atoms with Gasteiger partial charge in [0.1, 0.15) is 41.8 Å². The summed E-state index contributed by atoms with van der Waals surface area (Å²) in [4.78, 5) is 25.9. The lowest BCUT2D eigenvalue weighted by Gasteiger charge is -2.18. The number of aromatic nitrogens is 5. The fraction of sp³-hybridized carbons (Fsp3) is 0.385. The molecule has 0 aromatic carbocycles. The maximum atomic E-state index is 11.6. The van der Waals surface area contributed by atoms with Crippen molar-refractivity contribution < 1.29 is 20.1 Å². The summed E-state index contributed by atoms with van der Waals surface area (Å²) in [6.45, 7) is -0.471. The van der Waals surface area contributed by atoms with E-state index in [2.05, 4.69) is 19.9 Å². The molecule has 0 bridgehead atoms. The number of hydrogen-bond donors (Lipinski definition) is 5. The van der Waals surface area contributed by atoms with Crippen molar-refractivity contribution in [3.05, 3.63) is 23.0 Å². The zero-order valence-corrected chi connectivity index (χ0v) is 12.2. The molecule has 3 aromatic heterocycles. The Kier molecular flexibility index (Phi) is 3.25. The van der Waals surface area contributed by atoms with Gasteiger partial charge in [0.25, 0.3) is 0 Å². The molecule has 4 heterocycles. The van der Waals surface area contributed by atoms with E-state index >= 15 is 0 Å². The van der Waals surface area contributed by atoms with Gasteiger partial charge in [-0.05, 0) is 0 Å². The summed E-state index contributed by atoms with van der Waals surface area (Å²) in [7, 11) is 0. The lowest BCUT2D eigenvalue weighted by atomic mass is 10.1. The molecule has 24 heavy (non-hydrogen) atoms. The van der Waals surface area contributed by atoms with Crippen molar-refractivity contribution in [2.75, 3.05) is 12.3 Å². The number of fused-ring (bicyclic) bond motifs is 3. The number of anilines is 1. The molecular formula is C13H14N6O5. The number of aliphatic hydroxyl groups is 3. The van der Waals surface area contributed by atoms with Crippen LogP contribution < -0.4 is 11.4 Å². The highest BCUT2D eigenvalue weighted by Crippen LogP contribution is 2.37. The lowest BCUT2D eigenvalue weighted by molar-refractivity contribution is -0.0492. The fourth-order valence-electron chi connectivity index (χ4n) is 3.04. The quantitative estimate of drug-likeness (QED) is 0.350. The molecule has 0 unspecified atom stereocenters. The molecule has 1 saturated heterocycles. The van der Waals surface area contributed by atoms with Gasteiger partial charge in [-0.1, -0.05) is 0 Å². The summed E-state index contributed by atoms with van der Waals surface area (Å²) < 4.78 is 6.96. The predicted molar refractivity (Wildman–Crippen MR) is 80.9 cm³/mol. The van der Waals surface area contributed by atoms with Gasteiger partial charge in [-0.2, -0.15) is 0 Å². The molecule has 0 radical (unpaired) electrons. The highest BCUT2D eigenvalue weighted by molar-refractivity contribution is 6.09. The van der Waals surface area contributed by atoms with Crippen molar-refractivity contribution in [2.24, 2.45) is 0 Å². The molecule has 1 aliphatic heterocycles. The third kappa shape index (κ3) is 1.93. The number of nitrogens with zero attached hydrogens (tertiary/aromatic N) is 4. The van der Waals surface area contributed by atoms with Crippen LogP contribution in [0.5, 0.6) is 0 Å². The summed E-state index contributed by atoms with van der Waals surface area (Å²) in [5.74, 6) is 0.171. The Hall–Kier alpha value is -2.60. The van der Waals surface area contributed by atoms with Gasteiger partial charge in [-0.3, -0.25) is 9.55 Å². The van der Waals surface area contributed by atoms with Crippen molar-refractivity contribution in [1.82, 2.24) is 24.5 Å². The smallest absolute Gasteiger partial charge is 0.346 e. The summed E-state index contributed by atoms with van der Waals surface area (Å²) >= 11 is 0. The van der Waals surface area contributed by atoms with Gasteiger partial charge in [-0.25, -0.2) is 19.7 Å². The SMILES string of the molecule is Nc1ncnc2c1c1cnc(=O)[nH]c1n2[C@@H]1O[C@H](CO)[C@@H](O)[C@H]1O. The van der Waals surface area contributed by atoms with E-state index in [-0.39, 0.29) is 11.5 Å². The first-order valence-electron chi connectivity index (χ1n) is 7.14. The standard InChI is InChI=1S/C13H14N6O5/c14-9-6-4-1-15-13(23)18-10(4)19(11(6)17-3-16-9)12-8(22)7(21)5(2-20)24-12/h1,3,5,7-8,12,20-22H,2H2,(H2,14,16,17)(H,15,18,23)/t5-,7-,8-,12-/m1/s1. The summed E-state index contributed by atoms with van der Waals surface area (Å²) in [5.41, 5.74) is 5.88. The minimum Gasteiger partial charge on any atom is -0.394 e. The molecular weight excluding hydrogens is 320 g/mol. The second-order valence-corrected chi connectivity index (χ2v) is 5.51. The average molecular weight is 334 g/mol. The van der Waals surface area contributed by atoms with Crippen LogP contribution in [0.15, 0.2) is 17.3 Å². The number of nitrogens with one attached hydrogen (secondary N) is 1. The molecule has 0 amide bonds. The fourth-order valence-corrected chi connectivity index (χ4v) is 3.04. The van der Waals surface area contributed by atoms with Crippen molar-refractivity contribution in [3.8, 4) is 0 Å². The molecule has 4 rings (SSSR count). The van der Waals surface area contributed by atoms with E-state index in [4.69, 9.17) is 10.5 Å². The Bertz CT molecular complexity index is 984. The van der Waals surface area contributed by atoms with E-state index in [1.807, 2.05) is 0 Å². The second kappa shape index (κ2) is 5.21. The highest BCUT2D eigenvalue weighted by Gasteiger charge is 2.44. The van der Waals surface area contributed by atoms with E-state index in [0.29, 0.717) is 16.4 Å². The molecule has 0 saturated carbocycles. The van der Waals surface area contributed by atoms with E-state index in [0.717, 1.165) is 0 Å². The van der Waals surface area contributed by atoms with Crippen molar-refractivity contribution in [1.29, 1.82) is 0 Å². The van der Waals surface area contributed by atoms with Gasteiger partial charge in [0.15, 0.2) is 6.23 Å². The van der Waals surface area contributed by atoms with Gasteiger partial charge in [0.05, 0.1) is 12.0 Å². The van der Waals surface area contributed by atoms with Crippen LogP contribution in [0.3, 0.4) is 0 Å². The van der Waals surface area contributed by atoms with Crippen LogP contribution in [0.2, 0.25) is 0 Å². The lowest BCUT2D eigenvalue weighted by Crippen LogP contribution is -2.33. The molecule has 4 atom stereocenters. The Morgan fingerprint density at radius 1 is 1.29 bits per heavy atom. The summed E-state index contributed by atoms with van der Waals surface area (Å²) in [6.07, 6.45) is -2.11. The minimum atomic E-state index is -1.34. The monoisotopic (exact) mass is 334 g/mol. The maximum Gasteiger partial charge on any atom is 0.346 e. The van der Waals surface area contributed by atoms with Crippen LogP contribution in [-0.4, -0.2) is 64.7 Å². The Balaban J connectivity index is 2.05. The summed E-state index contributed by atoms with van der Waals surface area (Å²) in [5, 5.41) is 30.5. The first kappa shape index (κ1) is 15.0. The highest BCUT2D eigenvalue weighted by atomic mass is 16.6. The molecule has 1 aliphatic rings. The largest absolute Gasteiger partial charge is 0.394 e. The van der Waals surface area contributed by atoms with Gasteiger partial charge in [-0.15, -0.1) is 0 Å². The van der Waals surface area contributed by atoms with E-state index < -0.39 is 36.8 Å². The summed E-state index contributed by atoms with van der Waals surface area (Å²) in [6, 6.07) is 0. The number of nitrogens with two attached hydrogens (primary N) is 1. The van der Waals surface area contributed by atoms with Crippen LogP contribution >= 0.6 is 0 Å². The van der Waals surface area contributed by atoms with Crippen LogP contribution in [0.1, 0.15) is 6.23 Å². The van der Waals surface area contributed by atoms with Crippen molar-refractivity contribution >= 4 is 27.9 Å². The predicted octanol–water partition coefficient (Wildman–Crippen LogP) is -2.14. The minimum absolute atomic E-state index is 0.171. The van der Waals surface area contributed by atoms with E-state index in [1.54, 1.807) is 0 Å².